The van der Waals surface area contributed by atoms with Crippen molar-refractivity contribution < 1.29 is 4.79 Å². The minimum atomic E-state index is -0.262. The van der Waals surface area contributed by atoms with E-state index in [1.165, 1.54) is 4.68 Å². The van der Waals surface area contributed by atoms with Crippen molar-refractivity contribution in [3.05, 3.63) is 31.9 Å². The molecule has 0 aromatic carbocycles. The van der Waals surface area contributed by atoms with E-state index < -0.39 is 0 Å². The molecule has 0 unspecified atom stereocenters. The first-order valence-corrected chi connectivity index (χ1v) is 6.33. The molecule has 2 aromatic rings. The van der Waals surface area contributed by atoms with Crippen LogP contribution in [0.5, 0.6) is 0 Å². The van der Waals surface area contributed by atoms with Crippen molar-refractivity contribution in [3.63, 3.8) is 0 Å². The van der Waals surface area contributed by atoms with Gasteiger partial charge >= 0.3 is 0 Å². The van der Waals surface area contributed by atoms with Crippen LogP contribution in [0.4, 0.5) is 0 Å². The van der Waals surface area contributed by atoms with Gasteiger partial charge in [0.2, 0.25) is 0 Å². The minimum absolute atomic E-state index is 0.262. The van der Waals surface area contributed by atoms with Crippen molar-refractivity contribution in [2.75, 3.05) is 0 Å². The third-order valence-electron chi connectivity index (χ3n) is 2.38. The van der Waals surface area contributed by atoms with Gasteiger partial charge in [-0.25, -0.2) is 0 Å². The molecule has 2 rings (SSSR count). The van der Waals surface area contributed by atoms with Crippen LogP contribution in [0.3, 0.4) is 0 Å². The molecule has 0 fully saturated rings. The van der Waals surface area contributed by atoms with Gasteiger partial charge in [-0.2, -0.15) is 14.9 Å². The van der Waals surface area contributed by atoms with E-state index in [1.807, 2.05) is 0 Å². The fourth-order valence-corrected chi connectivity index (χ4v) is 2.39. The van der Waals surface area contributed by atoms with E-state index in [-0.39, 0.29) is 5.91 Å². The number of carbonyl (C=O) groups excluding carboxylic acids is 1. The highest BCUT2D eigenvalue weighted by Gasteiger charge is 2.21. The molecule has 0 saturated heterocycles. The number of hydrogen-bond acceptors (Lipinski definition) is 3. The summed E-state index contributed by atoms with van der Waals surface area (Å²) in [5.41, 5.74) is 1.66. The summed E-state index contributed by atoms with van der Waals surface area (Å²) >= 11 is 8.08. The Morgan fingerprint density at radius 2 is 2.06 bits per heavy atom. The van der Waals surface area contributed by atoms with Gasteiger partial charge in [0.1, 0.15) is 0 Å². The Kier molecular flexibility index (Phi) is 3.26. The van der Waals surface area contributed by atoms with Crippen LogP contribution < -0.4 is 0 Å². The molecule has 0 bridgehead atoms. The zero-order valence-electron chi connectivity index (χ0n) is 9.53. The van der Waals surface area contributed by atoms with Crippen molar-refractivity contribution in [1.82, 2.24) is 19.6 Å². The van der Waals surface area contributed by atoms with E-state index in [9.17, 15) is 4.79 Å². The Morgan fingerprint density at radius 3 is 2.47 bits per heavy atom. The average Bonchev–Trinajstić information content (AvgIpc) is 2.72. The number of halogens is 2. The Labute approximate surface area is 117 Å². The van der Waals surface area contributed by atoms with Crippen LogP contribution in [0.15, 0.2) is 6.20 Å². The van der Waals surface area contributed by atoms with E-state index >= 15 is 0 Å². The van der Waals surface area contributed by atoms with Crippen LogP contribution >= 0.6 is 34.2 Å². The molecular weight excluding hydrogens is 354 g/mol. The van der Waals surface area contributed by atoms with Crippen molar-refractivity contribution in [3.8, 4) is 0 Å². The molecule has 90 valence electrons. The van der Waals surface area contributed by atoms with Crippen molar-refractivity contribution in [2.45, 2.75) is 13.8 Å². The van der Waals surface area contributed by atoms with Gasteiger partial charge in [-0.15, -0.1) is 0 Å². The zero-order chi connectivity index (χ0) is 12.7. The predicted octanol–water partition coefficient (Wildman–Crippen LogP) is 2.18. The van der Waals surface area contributed by atoms with Gasteiger partial charge in [-0.3, -0.25) is 9.48 Å². The SMILES string of the molecule is Cc1nn(C(=O)c2nn(C)cc2I)c(C)c1Cl. The van der Waals surface area contributed by atoms with Crippen molar-refractivity contribution in [1.29, 1.82) is 0 Å². The second-order valence-corrected chi connectivity index (χ2v) is 5.24. The molecule has 5 nitrogen and oxygen atoms in total. The second kappa shape index (κ2) is 4.41. The van der Waals surface area contributed by atoms with Crippen LogP contribution in [0.25, 0.3) is 0 Å². The van der Waals surface area contributed by atoms with Gasteiger partial charge in [0.05, 0.1) is 20.0 Å². The molecule has 17 heavy (non-hydrogen) atoms. The number of aromatic nitrogens is 4. The summed E-state index contributed by atoms with van der Waals surface area (Å²) in [4.78, 5) is 12.2. The second-order valence-electron chi connectivity index (χ2n) is 3.70. The summed E-state index contributed by atoms with van der Waals surface area (Å²) in [6.07, 6.45) is 1.78. The third kappa shape index (κ3) is 2.11. The number of aryl methyl sites for hydroxylation is 2. The van der Waals surface area contributed by atoms with Crippen molar-refractivity contribution in [2.24, 2.45) is 7.05 Å². The summed E-state index contributed by atoms with van der Waals surface area (Å²) in [5.74, 6) is -0.262. The topological polar surface area (TPSA) is 52.7 Å². The molecule has 0 atom stereocenters. The smallest absolute Gasteiger partial charge is 0.274 e. The molecule has 0 N–H and O–H groups in total. The molecule has 0 amide bonds. The standard InChI is InChI=1S/C10H10ClIN4O/c1-5-8(11)6(2)16(13-5)10(17)9-7(12)4-15(3)14-9/h4H,1-3H3. The molecule has 0 aliphatic rings. The maximum atomic E-state index is 12.2. The summed E-state index contributed by atoms with van der Waals surface area (Å²) in [6, 6.07) is 0. The van der Waals surface area contributed by atoms with Crippen LogP contribution in [0.1, 0.15) is 21.9 Å². The Balaban J connectivity index is 2.51. The molecule has 0 spiro atoms. The van der Waals surface area contributed by atoms with Gasteiger partial charge in [0.25, 0.3) is 5.91 Å². The quantitative estimate of drug-likeness (QED) is 0.729. The molecule has 0 aliphatic heterocycles. The van der Waals surface area contributed by atoms with Gasteiger partial charge in [0, 0.05) is 13.2 Å². The van der Waals surface area contributed by atoms with E-state index in [0.717, 1.165) is 3.57 Å². The number of rotatable bonds is 1. The highest BCUT2D eigenvalue weighted by Crippen LogP contribution is 2.20. The number of carbonyl (C=O) groups is 1. The lowest BCUT2D eigenvalue weighted by atomic mass is 10.3. The maximum Gasteiger partial charge on any atom is 0.300 e. The number of nitrogens with zero attached hydrogens (tertiary/aromatic N) is 4. The summed E-state index contributed by atoms with van der Waals surface area (Å²) in [6.45, 7) is 3.53. The van der Waals surface area contributed by atoms with Gasteiger partial charge in [-0.05, 0) is 36.4 Å². The fourth-order valence-electron chi connectivity index (χ4n) is 1.53. The van der Waals surface area contributed by atoms with Gasteiger partial charge in [-0.1, -0.05) is 11.6 Å². The lowest BCUT2D eigenvalue weighted by Crippen LogP contribution is -2.17. The highest BCUT2D eigenvalue weighted by atomic mass is 127. The first-order valence-electron chi connectivity index (χ1n) is 4.87. The molecule has 7 heteroatoms. The average molecular weight is 365 g/mol. The first kappa shape index (κ1) is 12.6. The third-order valence-corrected chi connectivity index (χ3v) is 3.72. The molecular formula is C10H10ClIN4O. The minimum Gasteiger partial charge on any atom is -0.274 e. The maximum absolute atomic E-state index is 12.2. The zero-order valence-corrected chi connectivity index (χ0v) is 12.4. The lowest BCUT2D eigenvalue weighted by molar-refractivity contribution is 0.0935. The van der Waals surface area contributed by atoms with Gasteiger partial charge in [0.15, 0.2) is 5.69 Å². The lowest BCUT2D eigenvalue weighted by Gasteiger charge is -2.00. The largest absolute Gasteiger partial charge is 0.300 e. The summed E-state index contributed by atoms with van der Waals surface area (Å²) in [7, 11) is 1.77. The Morgan fingerprint density at radius 1 is 1.41 bits per heavy atom. The normalized spacial score (nSPS) is 10.9. The van der Waals surface area contributed by atoms with E-state index in [2.05, 4.69) is 32.8 Å². The summed E-state index contributed by atoms with van der Waals surface area (Å²) < 4.78 is 3.68. The van der Waals surface area contributed by atoms with Crippen LogP contribution in [-0.4, -0.2) is 25.5 Å². The monoisotopic (exact) mass is 364 g/mol. The molecule has 0 aliphatic carbocycles. The molecule has 0 radical (unpaired) electrons. The van der Waals surface area contributed by atoms with E-state index in [0.29, 0.717) is 22.1 Å². The van der Waals surface area contributed by atoms with Gasteiger partial charge < -0.3 is 0 Å². The number of hydrogen-bond donors (Lipinski definition) is 0. The molecule has 2 aromatic heterocycles. The predicted molar refractivity (Wildman–Crippen MR) is 72.4 cm³/mol. The Bertz CT molecular complexity index is 602. The van der Waals surface area contributed by atoms with Crippen LogP contribution in [0.2, 0.25) is 5.02 Å². The van der Waals surface area contributed by atoms with E-state index in [1.54, 1.807) is 31.8 Å². The molecule has 0 saturated carbocycles. The first-order chi connectivity index (χ1) is 7.91. The van der Waals surface area contributed by atoms with Crippen LogP contribution in [-0.2, 0) is 7.05 Å². The van der Waals surface area contributed by atoms with Crippen molar-refractivity contribution >= 4 is 40.1 Å². The highest BCUT2D eigenvalue weighted by molar-refractivity contribution is 14.1. The fraction of sp³-hybridized carbons (Fsp3) is 0.300. The summed E-state index contributed by atoms with van der Waals surface area (Å²) in [5, 5.41) is 8.76. The Hall–Kier alpha value is -0.890. The van der Waals surface area contributed by atoms with Crippen LogP contribution in [0, 0.1) is 17.4 Å². The van der Waals surface area contributed by atoms with E-state index in [4.69, 9.17) is 11.6 Å². The molecule has 2 heterocycles.